The summed E-state index contributed by atoms with van der Waals surface area (Å²) >= 11 is 5.64. The van der Waals surface area contributed by atoms with Gasteiger partial charge < -0.3 is 0 Å². The maximum atomic E-state index is 12.0. The van der Waals surface area contributed by atoms with Crippen LogP contribution in [0.2, 0.25) is 5.15 Å². The van der Waals surface area contributed by atoms with E-state index in [4.69, 9.17) is 16.9 Å². The van der Waals surface area contributed by atoms with Crippen LogP contribution in [0.5, 0.6) is 0 Å². The molecule has 0 amide bonds. The van der Waals surface area contributed by atoms with Crippen LogP contribution in [-0.2, 0) is 0 Å². The summed E-state index contributed by atoms with van der Waals surface area (Å²) in [6.45, 7) is 0. The van der Waals surface area contributed by atoms with E-state index in [9.17, 15) is 4.79 Å². The van der Waals surface area contributed by atoms with E-state index in [-0.39, 0.29) is 5.78 Å². The van der Waals surface area contributed by atoms with Gasteiger partial charge in [-0.1, -0.05) is 23.7 Å². The van der Waals surface area contributed by atoms with Gasteiger partial charge in [-0.15, -0.1) is 0 Å². The first kappa shape index (κ1) is 11.3. The molecule has 1 aromatic carbocycles. The summed E-state index contributed by atoms with van der Waals surface area (Å²) in [5, 5.41) is 9.10. The highest BCUT2D eigenvalue weighted by Gasteiger charge is 2.09. The number of nitrogens with zero attached hydrogens (tertiary/aromatic N) is 2. The molecule has 1 aromatic heterocycles. The molecule has 3 nitrogen and oxygen atoms in total. The number of pyridine rings is 1. The van der Waals surface area contributed by atoms with E-state index < -0.39 is 0 Å². The number of carbonyl (C=O) groups excluding carboxylic acids is 1. The van der Waals surface area contributed by atoms with E-state index in [1.807, 2.05) is 6.07 Å². The van der Waals surface area contributed by atoms with Crippen LogP contribution < -0.4 is 0 Å². The fourth-order valence-electron chi connectivity index (χ4n) is 1.41. The molecule has 0 aliphatic rings. The molecular formula is C13H7ClN2O. The summed E-state index contributed by atoms with van der Waals surface area (Å²) in [5.74, 6) is -0.175. The molecule has 17 heavy (non-hydrogen) atoms. The van der Waals surface area contributed by atoms with Crippen LogP contribution in [0.3, 0.4) is 0 Å². The summed E-state index contributed by atoms with van der Waals surface area (Å²) < 4.78 is 0. The van der Waals surface area contributed by atoms with E-state index in [0.717, 1.165) is 0 Å². The fourth-order valence-corrected chi connectivity index (χ4v) is 1.52. The van der Waals surface area contributed by atoms with Gasteiger partial charge in [-0.3, -0.25) is 4.79 Å². The topological polar surface area (TPSA) is 53.8 Å². The number of hydrogen-bond acceptors (Lipinski definition) is 3. The van der Waals surface area contributed by atoms with Gasteiger partial charge in [-0.2, -0.15) is 5.26 Å². The van der Waals surface area contributed by atoms with Gasteiger partial charge in [0.2, 0.25) is 0 Å². The molecular weight excluding hydrogens is 236 g/mol. The SMILES string of the molecule is N#Cc1cccc(C(=O)c2ccc(Cl)nc2)c1. The lowest BCUT2D eigenvalue weighted by Gasteiger charge is -2.01. The Morgan fingerprint density at radius 2 is 2.06 bits per heavy atom. The average molecular weight is 243 g/mol. The third-order valence-corrected chi connectivity index (χ3v) is 2.47. The van der Waals surface area contributed by atoms with Crippen LogP contribution in [0.1, 0.15) is 21.5 Å². The first-order chi connectivity index (χ1) is 8.20. The van der Waals surface area contributed by atoms with Crippen molar-refractivity contribution in [3.8, 4) is 6.07 Å². The van der Waals surface area contributed by atoms with Crippen LogP contribution in [0, 0.1) is 11.3 Å². The molecule has 0 saturated carbocycles. The summed E-state index contributed by atoms with van der Waals surface area (Å²) in [7, 11) is 0. The molecule has 82 valence electrons. The minimum Gasteiger partial charge on any atom is -0.289 e. The normalized spacial score (nSPS) is 9.65. The van der Waals surface area contributed by atoms with Crippen molar-refractivity contribution in [1.29, 1.82) is 5.26 Å². The number of nitriles is 1. The quantitative estimate of drug-likeness (QED) is 0.601. The van der Waals surface area contributed by atoms with Crippen LogP contribution in [0.4, 0.5) is 0 Å². The smallest absolute Gasteiger partial charge is 0.194 e. The average Bonchev–Trinajstić information content (AvgIpc) is 2.39. The highest BCUT2D eigenvalue weighted by molar-refractivity contribution is 6.29. The standard InChI is InChI=1S/C13H7ClN2O/c14-12-5-4-11(8-16-12)13(17)10-3-1-2-9(6-10)7-15/h1-6,8H. The molecule has 0 fully saturated rings. The van der Waals surface area contributed by atoms with Crippen molar-refractivity contribution in [3.63, 3.8) is 0 Å². The molecule has 1 heterocycles. The maximum absolute atomic E-state index is 12.0. The minimum atomic E-state index is -0.175. The molecule has 0 aliphatic heterocycles. The molecule has 0 aliphatic carbocycles. The van der Waals surface area contributed by atoms with Gasteiger partial charge in [0.25, 0.3) is 0 Å². The van der Waals surface area contributed by atoms with Crippen molar-refractivity contribution in [1.82, 2.24) is 4.98 Å². The number of carbonyl (C=O) groups is 1. The van der Waals surface area contributed by atoms with Crippen molar-refractivity contribution in [2.75, 3.05) is 0 Å². The van der Waals surface area contributed by atoms with Gasteiger partial charge in [0.15, 0.2) is 5.78 Å². The van der Waals surface area contributed by atoms with Crippen LogP contribution in [-0.4, -0.2) is 10.8 Å². The van der Waals surface area contributed by atoms with Crippen molar-refractivity contribution in [2.24, 2.45) is 0 Å². The maximum Gasteiger partial charge on any atom is 0.194 e. The second kappa shape index (κ2) is 4.77. The largest absolute Gasteiger partial charge is 0.289 e. The number of hydrogen-bond donors (Lipinski definition) is 0. The molecule has 4 heteroatoms. The number of halogens is 1. The number of ketones is 1. The summed E-state index contributed by atoms with van der Waals surface area (Å²) in [4.78, 5) is 15.9. The van der Waals surface area contributed by atoms with Crippen LogP contribution in [0.15, 0.2) is 42.6 Å². The highest BCUT2D eigenvalue weighted by atomic mass is 35.5. The fraction of sp³-hybridized carbons (Fsp3) is 0. The van der Waals surface area contributed by atoms with E-state index >= 15 is 0 Å². The number of aromatic nitrogens is 1. The number of rotatable bonds is 2. The monoisotopic (exact) mass is 242 g/mol. The van der Waals surface area contributed by atoms with Gasteiger partial charge in [0.1, 0.15) is 5.15 Å². The Labute approximate surface area is 103 Å². The zero-order valence-electron chi connectivity index (χ0n) is 8.72. The summed E-state index contributed by atoms with van der Waals surface area (Å²) in [6, 6.07) is 11.7. The third kappa shape index (κ3) is 2.49. The van der Waals surface area contributed by atoms with E-state index in [0.29, 0.717) is 21.8 Å². The molecule has 0 bridgehead atoms. The Hall–Kier alpha value is -2.18. The van der Waals surface area contributed by atoms with Crippen molar-refractivity contribution < 1.29 is 4.79 Å². The van der Waals surface area contributed by atoms with Gasteiger partial charge in [0.05, 0.1) is 11.6 Å². The lowest BCUT2D eigenvalue weighted by molar-refractivity contribution is 0.103. The van der Waals surface area contributed by atoms with E-state index in [2.05, 4.69) is 4.98 Å². The molecule has 0 unspecified atom stereocenters. The van der Waals surface area contributed by atoms with Gasteiger partial charge in [0, 0.05) is 17.3 Å². The molecule has 0 atom stereocenters. The summed E-state index contributed by atoms with van der Waals surface area (Å²) in [6.07, 6.45) is 1.42. The molecule has 0 N–H and O–H groups in total. The Morgan fingerprint density at radius 1 is 1.24 bits per heavy atom. The highest BCUT2D eigenvalue weighted by Crippen LogP contribution is 2.12. The second-order valence-corrected chi connectivity index (χ2v) is 3.78. The first-order valence-electron chi connectivity index (χ1n) is 4.87. The Balaban J connectivity index is 2.37. The molecule has 2 rings (SSSR count). The van der Waals surface area contributed by atoms with Crippen molar-refractivity contribution >= 4 is 17.4 Å². The first-order valence-corrected chi connectivity index (χ1v) is 5.25. The van der Waals surface area contributed by atoms with E-state index in [1.165, 1.54) is 6.20 Å². The minimum absolute atomic E-state index is 0.175. The van der Waals surface area contributed by atoms with Crippen molar-refractivity contribution in [3.05, 3.63) is 64.4 Å². The van der Waals surface area contributed by atoms with Crippen LogP contribution in [0.25, 0.3) is 0 Å². The number of benzene rings is 1. The van der Waals surface area contributed by atoms with Gasteiger partial charge >= 0.3 is 0 Å². The third-order valence-electron chi connectivity index (χ3n) is 2.24. The molecule has 2 aromatic rings. The lowest BCUT2D eigenvalue weighted by Crippen LogP contribution is -2.01. The van der Waals surface area contributed by atoms with Crippen molar-refractivity contribution in [2.45, 2.75) is 0 Å². The zero-order chi connectivity index (χ0) is 12.3. The second-order valence-electron chi connectivity index (χ2n) is 3.39. The molecule has 0 radical (unpaired) electrons. The molecule has 0 saturated heterocycles. The van der Waals surface area contributed by atoms with Gasteiger partial charge in [-0.25, -0.2) is 4.98 Å². The van der Waals surface area contributed by atoms with E-state index in [1.54, 1.807) is 36.4 Å². The predicted octanol–water partition coefficient (Wildman–Crippen LogP) is 2.84. The van der Waals surface area contributed by atoms with Crippen LogP contribution >= 0.6 is 11.6 Å². The Morgan fingerprint density at radius 3 is 2.71 bits per heavy atom. The Kier molecular flexibility index (Phi) is 3.17. The summed E-state index contributed by atoms with van der Waals surface area (Å²) in [5.41, 5.74) is 1.37. The Bertz CT molecular complexity index is 600. The lowest BCUT2D eigenvalue weighted by atomic mass is 10.0. The molecule has 0 spiro atoms. The van der Waals surface area contributed by atoms with Gasteiger partial charge in [-0.05, 0) is 24.3 Å². The predicted molar refractivity (Wildman–Crippen MR) is 63.8 cm³/mol. The zero-order valence-corrected chi connectivity index (χ0v) is 9.48.